The Labute approximate surface area is 230 Å². The molecule has 0 N–H and O–H groups in total. The van der Waals surface area contributed by atoms with Crippen molar-refractivity contribution in [3.8, 4) is 0 Å². The van der Waals surface area contributed by atoms with Gasteiger partial charge in [0.05, 0.1) is 27.4 Å². The number of ether oxygens (including phenoxy) is 1. The fourth-order valence-corrected chi connectivity index (χ4v) is 7.71. The van der Waals surface area contributed by atoms with Crippen LogP contribution in [0.1, 0.15) is 40.9 Å². The van der Waals surface area contributed by atoms with Crippen LogP contribution in [0.15, 0.2) is 88.0 Å². The molecule has 0 aliphatic carbocycles. The van der Waals surface area contributed by atoms with E-state index in [-0.39, 0.29) is 11.9 Å². The van der Waals surface area contributed by atoms with Crippen LogP contribution in [0.2, 0.25) is 0 Å². The molecule has 2 heterocycles. The van der Waals surface area contributed by atoms with Gasteiger partial charge in [0, 0.05) is 21.6 Å². The molecule has 0 saturated heterocycles. The molecule has 4 nitrogen and oxygen atoms in total. The summed E-state index contributed by atoms with van der Waals surface area (Å²) in [7, 11) is 1.40. The Balaban J connectivity index is 1.69. The van der Waals surface area contributed by atoms with Crippen LogP contribution < -0.4 is 4.90 Å². The molecule has 5 rings (SSSR count). The summed E-state index contributed by atoms with van der Waals surface area (Å²) in [4.78, 5) is 30.5. The van der Waals surface area contributed by atoms with Crippen molar-refractivity contribution >= 4 is 68.6 Å². The number of fused-ring (bicyclic) bond motifs is 1. The molecule has 0 fully saturated rings. The van der Waals surface area contributed by atoms with Crippen molar-refractivity contribution in [2.24, 2.45) is 0 Å². The summed E-state index contributed by atoms with van der Waals surface area (Å²) in [6.07, 6.45) is 0. The van der Waals surface area contributed by atoms with E-state index >= 15 is 0 Å². The van der Waals surface area contributed by atoms with Crippen molar-refractivity contribution in [1.82, 2.24) is 0 Å². The lowest BCUT2D eigenvalue weighted by Gasteiger charge is -2.45. The SMILES string of the molecule is COC(=O)C1=C(c2ccccc2)SC(=C2C(=S)C(C)(C)N(C(=O)c3ccccc3)c3ccc(C)cc32)S1. The zero-order valence-corrected chi connectivity index (χ0v) is 23.4. The third kappa shape index (κ3) is 4.45. The van der Waals surface area contributed by atoms with E-state index in [0.717, 1.165) is 37.1 Å². The first-order chi connectivity index (χ1) is 17.7. The van der Waals surface area contributed by atoms with Crippen LogP contribution >= 0.6 is 35.7 Å². The number of aryl methyl sites for hydroxylation is 1. The molecule has 2 aliphatic heterocycles. The lowest BCUT2D eigenvalue weighted by atomic mass is 9.82. The summed E-state index contributed by atoms with van der Waals surface area (Å²) >= 11 is 9.06. The quantitative estimate of drug-likeness (QED) is 0.194. The summed E-state index contributed by atoms with van der Waals surface area (Å²) in [6.45, 7) is 5.99. The first-order valence-corrected chi connectivity index (χ1v) is 13.8. The van der Waals surface area contributed by atoms with E-state index in [2.05, 4.69) is 6.07 Å². The van der Waals surface area contributed by atoms with Gasteiger partial charge in [0.1, 0.15) is 4.91 Å². The Morgan fingerprint density at radius 1 is 0.919 bits per heavy atom. The van der Waals surface area contributed by atoms with Crippen LogP contribution in [-0.2, 0) is 9.53 Å². The number of thiocarbonyl (C=S) groups is 1. The third-order valence-corrected chi connectivity index (χ3v) is 9.77. The highest BCUT2D eigenvalue weighted by Gasteiger charge is 2.45. The van der Waals surface area contributed by atoms with Gasteiger partial charge in [-0.2, -0.15) is 0 Å². The molecule has 37 heavy (non-hydrogen) atoms. The molecule has 0 unspecified atom stereocenters. The fourth-order valence-electron chi connectivity index (χ4n) is 4.56. The van der Waals surface area contributed by atoms with Crippen molar-refractivity contribution in [2.45, 2.75) is 26.3 Å². The van der Waals surface area contributed by atoms with Gasteiger partial charge in [-0.15, -0.1) is 0 Å². The van der Waals surface area contributed by atoms with E-state index in [1.807, 2.05) is 93.6 Å². The van der Waals surface area contributed by atoms with Crippen molar-refractivity contribution in [3.05, 3.63) is 110 Å². The molecule has 0 bridgehead atoms. The summed E-state index contributed by atoms with van der Waals surface area (Å²) in [5.74, 6) is -0.481. The van der Waals surface area contributed by atoms with Gasteiger partial charge in [0.2, 0.25) is 0 Å². The second-order valence-corrected chi connectivity index (χ2v) is 12.0. The number of carbonyl (C=O) groups is 2. The molecule has 0 spiro atoms. The molecule has 3 aromatic rings. The predicted molar refractivity (Wildman–Crippen MR) is 159 cm³/mol. The average Bonchev–Trinajstić information content (AvgIpc) is 3.35. The maximum Gasteiger partial charge on any atom is 0.345 e. The van der Waals surface area contributed by atoms with Crippen LogP contribution in [0.5, 0.6) is 0 Å². The highest BCUT2D eigenvalue weighted by molar-refractivity contribution is 8.32. The number of carbonyl (C=O) groups excluding carboxylic acids is 2. The first kappa shape index (κ1) is 25.5. The summed E-state index contributed by atoms with van der Waals surface area (Å²) < 4.78 is 6.05. The Morgan fingerprint density at radius 2 is 1.57 bits per heavy atom. The number of methoxy groups -OCH3 is 1. The minimum atomic E-state index is -0.783. The molecule has 7 heteroatoms. The number of rotatable bonds is 3. The molecule has 1 amide bonds. The largest absolute Gasteiger partial charge is 0.465 e. The normalized spacial score (nSPS) is 18.6. The highest BCUT2D eigenvalue weighted by Crippen LogP contribution is 2.58. The highest BCUT2D eigenvalue weighted by atomic mass is 32.2. The smallest absolute Gasteiger partial charge is 0.345 e. The molecule has 0 atom stereocenters. The summed E-state index contributed by atoms with van der Waals surface area (Å²) in [5, 5.41) is 0. The number of anilines is 1. The topological polar surface area (TPSA) is 46.6 Å². The maximum absolute atomic E-state index is 13.8. The summed E-state index contributed by atoms with van der Waals surface area (Å²) in [5.41, 5.74) is 4.40. The van der Waals surface area contributed by atoms with E-state index in [9.17, 15) is 9.59 Å². The van der Waals surface area contributed by atoms with Crippen LogP contribution in [0.25, 0.3) is 10.5 Å². The van der Waals surface area contributed by atoms with E-state index in [0.29, 0.717) is 15.3 Å². The molecule has 0 aromatic heterocycles. The Bertz CT molecular complexity index is 1490. The van der Waals surface area contributed by atoms with Gasteiger partial charge >= 0.3 is 5.97 Å². The second kappa shape index (κ2) is 9.97. The van der Waals surface area contributed by atoms with E-state index in [4.69, 9.17) is 17.0 Å². The first-order valence-electron chi connectivity index (χ1n) is 11.8. The number of thioether (sulfide) groups is 2. The van der Waals surface area contributed by atoms with Crippen LogP contribution in [0.4, 0.5) is 5.69 Å². The van der Waals surface area contributed by atoms with Crippen molar-refractivity contribution < 1.29 is 14.3 Å². The minimum absolute atomic E-state index is 0.104. The van der Waals surface area contributed by atoms with Crippen LogP contribution in [0.3, 0.4) is 0 Å². The molecular weight excluding hydrogens is 519 g/mol. The zero-order chi connectivity index (χ0) is 26.3. The third-order valence-electron chi connectivity index (χ3n) is 6.43. The van der Waals surface area contributed by atoms with Crippen molar-refractivity contribution in [3.63, 3.8) is 0 Å². The number of benzene rings is 3. The maximum atomic E-state index is 13.8. The summed E-state index contributed by atoms with van der Waals surface area (Å²) in [6, 6.07) is 25.2. The van der Waals surface area contributed by atoms with Gasteiger partial charge in [-0.3, -0.25) is 9.69 Å². The van der Waals surface area contributed by atoms with Crippen LogP contribution in [-0.4, -0.2) is 29.4 Å². The second-order valence-electron chi connectivity index (χ2n) is 9.30. The predicted octanol–water partition coefficient (Wildman–Crippen LogP) is 7.49. The minimum Gasteiger partial charge on any atom is -0.465 e. The van der Waals surface area contributed by atoms with Crippen LogP contribution in [0, 0.1) is 6.92 Å². The number of esters is 1. The Morgan fingerprint density at radius 3 is 2.22 bits per heavy atom. The lowest BCUT2D eigenvalue weighted by molar-refractivity contribution is -0.135. The number of nitrogens with zero attached hydrogens (tertiary/aromatic N) is 1. The molecule has 3 aromatic carbocycles. The standard InChI is InChI=1S/C30H25NO3S3/c1-18-15-16-22-21(17-18)23(26(35)30(2,3)31(22)27(32)20-13-9-6-10-14-20)29-36-24(19-11-7-5-8-12-19)25(37-29)28(33)34-4/h5-17H,1-4H3. The molecule has 0 radical (unpaired) electrons. The Kier molecular flexibility index (Phi) is 6.88. The van der Waals surface area contributed by atoms with Gasteiger partial charge in [0.15, 0.2) is 0 Å². The molecule has 0 saturated carbocycles. The molecular formula is C30H25NO3S3. The number of hydrogen-bond donors (Lipinski definition) is 0. The van der Waals surface area contributed by atoms with Gasteiger partial charge in [0.25, 0.3) is 5.91 Å². The number of amides is 1. The van der Waals surface area contributed by atoms with E-state index < -0.39 is 5.54 Å². The van der Waals surface area contributed by atoms with Crippen molar-refractivity contribution in [1.29, 1.82) is 0 Å². The van der Waals surface area contributed by atoms with Crippen molar-refractivity contribution in [2.75, 3.05) is 12.0 Å². The number of hydrogen-bond acceptors (Lipinski definition) is 6. The molecule has 186 valence electrons. The fraction of sp³-hybridized carbons (Fsp3) is 0.167. The van der Waals surface area contributed by atoms with E-state index in [1.165, 1.54) is 30.6 Å². The lowest BCUT2D eigenvalue weighted by Crippen LogP contribution is -2.56. The van der Waals surface area contributed by atoms with Gasteiger partial charge in [-0.05, 0) is 50.6 Å². The Hall–Kier alpha value is -3.13. The molecule has 2 aliphatic rings. The van der Waals surface area contributed by atoms with Gasteiger partial charge in [-0.1, -0.05) is 95.9 Å². The average molecular weight is 544 g/mol. The van der Waals surface area contributed by atoms with E-state index in [1.54, 1.807) is 4.90 Å². The van der Waals surface area contributed by atoms with Gasteiger partial charge in [-0.25, -0.2) is 4.79 Å². The monoisotopic (exact) mass is 543 g/mol. The zero-order valence-electron chi connectivity index (χ0n) is 20.9. The van der Waals surface area contributed by atoms with Gasteiger partial charge < -0.3 is 4.74 Å².